The maximum atomic E-state index is 10.9. The number of carbonyl (C=O) groups is 1. The molecule has 0 spiro atoms. The SMILES string of the molecule is CC(=O)Nc1nc2[nH]c3cc(Br)cnc3c2s1. The number of amides is 1. The van der Waals surface area contributed by atoms with E-state index in [4.69, 9.17) is 0 Å². The average molecular weight is 311 g/mol. The molecule has 7 heteroatoms. The number of anilines is 1. The molecular formula is C10H7BrN4OS. The van der Waals surface area contributed by atoms with Gasteiger partial charge >= 0.3 is 0 Å². The molecule has 0 unspecified atom stereocenters. The van der Waals surface area contributed by atoms with Gasteiger partial charge in [-0.1, -0.05) is 11.3 Å². The van der Waals surface area contributed by atoms with Gasteiger partial charge in [0.05, 0.1) is 5.52 Å². The van der Waals surface area contributed by atoms with Crippen molar-refractivity contribution in [2.45, 2.75) is 6.92 Å². The normalized spacial score (nSPS) is 11.2. The molecule has 17 heavy (non-hydrogen) atoms. The minimum atomic E-state index is -0.124. The average Bonchev–Trinajstić information content (AvgIpc) is 2.72. The van der Waals surface area contributed by atoms with Crippen LogP contribution in [0, 0.1) is 0 Å². The molecule has 0 saturated heterocycles. The Bertz CT molecular complexity index is 732. The lowest BCUT2D eigenvalue weighted by molar-refractivity contribution is -0.114. The largest absolute Gasteiger partial charge is 0.337 e. The van der Waals surface area contributed by atoms with Gasteiger partial charge < -0.3 is 10.3 Å². The van der Waals surface area contributed by atoms with Crippen LogP contribution in [0.2, 0.25) is 0 Å². The highest BCUT2D eigenvalue weighted by Crippen LogP contribution is 2.32. The van der Waals surface area contributed by atoms with Crippen molar-refractivity contribution in [3.05, 3.63) is 16.7 Å². The van der Waals surface area contributed by atoms with Crippen LogP contribution in [-0.2, 0) is 4.79 Å². The highest BCUT2D eigenvalue weighted by molar-refractivity contribution is 9.10. The van der Waals surface area contributed by atoms with Crippen LogP contribution in [-0.4, -0.2) is 20.9 Å². The Morgan fingerprint density at radius 1 is 1.59 bits per heavy atom. The number of hydrogen-bond acceptors (Lipinski definition) is 4. The molecule has 0 bridgehead atoms. The Morgan fingerprint density at radius 2 is 2.41 bits per heavy atom. The first-order chi connectivity index (χ1) is 8.13. The third-order valence-electron chi connectivity index (χ3n) is 2.23. The van der Waals surface area contributed by atoms with Crippen molar-refractivity contribution in [1.82, 2.24) is 15.0 Å². The van der Waals surface area contributed by atoms with Crippen molar-refractivity contribution < 1.29 is 4.79 Å². The van der Waals surface area contributed by atoms with Gasteiger partial charge in [-0.05, 0) is 22.0 Å². The number of H-pyrrole nitrogens is 1. The number of pyridine rings is 1. The molecule has 0 aromatic carbocycles. The fraction of sp³-hybridized carbons (Fsp3) is 0.100. The molecule has 2 N–H and O–H groups in total. The third kappa shape index (κ3) is 1.81. The molecule has 3 heterocycles. The summed E-state index contributed by atoms with van der Waals surface area (Å²) in [6.07, 6.45) is 1.74. The highest BCUT2D eigenvalue weighted by atomic mass is 79.9. The molecule has 3 rings (SSSR count). The Morgan fingerprint density at radius 3 is 3.18 bits per heavy atom. The fourth-order valence-corrected chi connectivity index (χ4v) is 2.92. The molecule has 0 aliphatic carbocycles. The molecule has 1 amide bonds. The number of carbonyl (C=O) groups excluding carboxylic acids is 1. The van der Waals surface area contributed by atoms with E-state index < -0.39 is 0 Å². The number of nitrogens with zero attached hydrogens (tertiary/aromatic N) is 2. The zero-order valence-corrected chi connectivity index (χ0v) is 11.1. The topological polar surface area (TPSA) is 70.7 Å². The van der Waals surface area contributed by atoms with E-state index in [9.17, 15) is 4.79 Å². The second kappa shape index (κ2) is 3.78. The van der Waals surface area contributed by atoms with E-state index in [0.29, 0.717) is 5.13 Å². The van der Waals surface area contributed by atoms with Crippen molar-refractivity contribution in [3.63, 3.8) is 0 Å². The molecule has 86 valence electrons. The lowest BCUT2D eigenvalue weighted by atomic mass is 10.4. The van der Waals surface area contributed by atoms with Gasteiger partial charge in [0.2, 0.25) is 5.91 Å². The number of rotatable bonds is 1. The zero-order chi connectivity index (χ0) is 12.0. The molecular weight excluding hydrogens is 304 g/mol. The van der Waals surface area contributed by atoms with Crippen LogP contribution >= 0.6 is 27.3 Å². The Hall–Kier alpha value is -1.47. The summed E-state index contributed by atoms with van der Waals surface area (Å²) in [6.45, 7) is 1.46. The molecule has 0 fully saturated rings. The van der Waals surface area contributed by atoms with Crippen molar-refractivity contribution in [3.8, 4) is 0 Å². The lowest BCUT2D eigenvalue weighted by Gasteiger charge is -1.93. The van der Waals surface area contributed by atoms with Crippen LogP contribution in [0.1, 0.15) is 6.92 Å². The standard InChI is InChI=1S/C10H7BrN4OS/c1-4(16)13-10-15-9-8(17-10)7-6(14-9)2-5(11)3-12-7/h2-3,14H,1H3,(H,13,15,16). The van der Waals surface area contributed by atoms with Crippen LogP contribution in [0.15, 0.2) is 16.7 Å². The van der Waals surface area contributed by atoms with Gasteiger partial charge in [0.25, 0.3) is 0 Å². The number of halogens is 1. The summed E-state index contributed by atoms with van der Waals surface area (Å²) in [5.74, 6) is -0.124. The van der Waals surface area contributed by atoms with E-state index in [2.05, 4.69) is 36.2 Å². The summed E-state index contributed by atoms with van der Waals surface area (Å²) in [5, 5.41) is 3.26. The number of aromatic amines is 1. The van der Waals surface area contributed by atoms with Crippen LogP contribution in [0.25, 0.3) is 21.4 Å². The van der Waals surface area contributed by atoms with Crippen molar-refractivity contribution in [2.24, 2.45) is 0 Å². The van der Waals surface area contributed by atoms with Gasteiger partial charge in [-0.15, -0.1) is 0 Å². The fourth-order valence-electron chi connectivity index (χ4n) is 1.61. The second-order valence-corrected chi connectivity index (χ2v) is 5.47. The van der Waals surface area contributed by atoms with E-state index in [1.165, 1.54) is 18.3 Å². The van der Waals surface area contributed by atoms with Crippen LogP contribution in [0.3, 0.4) is 0 Å². The van der Waals surface area contributed by atoms with Gasteiger partial charge in [-0.2, -0.15) is 0 Å². The molecule has 0 saturated carbocycles. The Labute approximate surface area is 108 Å². The van der Waals surface area contributed by atoms with E-state index >= 15 is 0 Å². The van der Waals surface area contributed by atoms with Crippen LogP contribution in [0.5, 0.6) is 0 Å². The second-order valence-electron chi connectivity index (χ2n) is 3.55. The predicted octanol–water partition coefficient (Wildman–Crippen LogP) is 2.89. The number of nitrogens with one attached hydrogen (secondary N) is 2. The molecule has 5 nitrogen and oxygen atoms in total. The first kappa shape index (κ1) is 10.7. The monoisotopic (exact) mass is 310 g/mol. The summed E-state index contributed by atoms with van der Waals surface area (Å²) < 4.78 is 1.87. The minimum Gasteiger partial charge on any atom is -0.337 e. The van der Waals surface area contributed by atoms with Gasteiger partial charge in [-0.3, -0.25) is 9.78 Å². The number of hydrogen-bond donors (Lipinski definition) is 2. The maximum Gasteiger partial charge on any atom is 0.223 e. The van der Waals surface area contributed by atoms with Crippen LogP contribution < -0.4 is 5.32 Å². The Balaban J connectivity index is 2.21. The predicted molar refractivity (Wildman–Crippen MR) is 71.3 cm³/mol. The van der Waals surface area contributed by atoms with E-state index in [0.717, 1.165) is 25.9 Å². The lowest BCUT2D eigenvalue weighted by Crippen LogP contribution is -2.04. The molecule has 0 radical (unpaired) electrons. The van der Waals surface area contributed by atoms with Crippen molar-refractivity contribution in [2.75, 3.05) is 5.32 Å². The molecule has 0 atom stereocenters. The number of fused-ring (bicyclic) bond motifs is 3. The summed E-state index contributed by atoms with van der Waals surface area (Å²) in [4.78, 5) is 22.7. The van der Waals surface area contributed by atoms with Crippen molar-refractivity contribution in [1.29, 1.82) is 0 Å². The number of aromatic nitrogens is 3. The molecule has 0 aliphatic heterocycles. The molecule has 0 aliphatic rings. The summed E-state index contributed by atoms with van der Waals surface area (Å²) in [5.41, 5.74) is 2.55. The number of thiazole rings is 1. The molecule has 3 aromatic rings. The summed E-state index contributed by atoms with van der Waals surface area (Å²) in [7, 11) is 0. The molecule has 3 aromatic heterocycles. The van der Waals surface area contributed by atoms with E-state index in [1.54, 1.807) is 6.20 Å². The Kier molecular flexibility index (Phi) is 2.37. The van der Waals surface area contributed by atoms with Crippen LogP contribution in [0.4, 0.5) is 5.13 Å². The van der Waals surface area contributed by atoms with Gasteiger partial charge in [-0.25, -0.2) is 4.98 Å². The van der Waals surface area contributed by atoms with E-state index in [1.807, 2.05) is 6.07 Å². The summed E-state index contributed by atoms with van der Waals surface area (Å²) >= 11 is 4.78. The maximum absolute atomic E-state index is 10.9. The smallest absolute Gasteiger partial charge is 0.223 e. The van der Waals surface area contributed by atoms with Gasteiger partial charge in [0.15, 0.2) is 10.8 Å². The first-order valence-corrected chi connectivity index (χ1v) is 6.46. The zero-order valence-electron chi connectivity index (χ0n) is 8.74. The quantitative estimate of drug-likeness (QED) is 0.726. The third-order valence-corrected chi connectivity index (χ3v) is 3.64. The minimum absolute atomic E-state index is 0.124. The van der Waals surface area contributed by atoms with Crippen molar-refractivity contribution >= 4 is 59.7 Å². The van der Waals surface area contributed by atoms with Gasteiger partial charge in [0, 0.05) is 17.6 Å². The van der Waals surface area contributed by atoms with Gasteiger partial charge in [0.1, 0.15) is 10.2 Å². The van der Waals surface area contributed by atoms with E-state index in [-0.39, 0.29) is 5.91 Å². The highest BCUT2D eigenvalue weighted by Gasteiger charge is 2.12. The summed E-state index contributed by atoms with van der Waals surface area (Å²) in [6, 6.07) is 1.95. The first-order valence-electron chi connectivity index (χ1n) is 4.85.